The third kappa shape index (κ3) is 2.30. The Labute approximate surface area is 99.0 Å². The summed E-state index contributed by atoms with van der Waals surface area (Å²) in [6.45, 7) is 2.47. The fourth-order valence-corrected chi connectivity index (χ4v) is 1.99. The molecule has 17 heavy (non-hydrogen) atoms. The summed E-state index contributed by atoms with van der Waals surface area (Å²) in [6.07, 6.45) is 2.56. The maximum Gasteiger partial charge on any atom is 0.222 e. The number of nitrogens with zero attached hydrogens (tertiary/aromatic N) is 1. The average Bonchev–Trinajstić information content (AvgIpc) is 2.67. The molecule has 1 aromatic heterocycles. The van der Waals surface area contributed by atoms with Crippen LogP contribution in [0.5, 0.6) is 0 Å². The molecule has 0 saturated heterocycles. The van der Waals surface area contributed by atoms with Crippen LogP contribution in [0.2, 0.25) is 0 Å². The summed E-state index contributed by atoms with van der Waals surface area (Å²) < 4.78 is 15.0. The number of primary amides is 1. The van der Waals surface area contributed by atoms with E-state index in [-0.39, 0.29) is 17.6 Å². The topological polar surface area (TPSA) is 48.0 Å². The van der Waals surface area contributed by atoms with Crippen LogP contribution in [0.4, 0.5) is 4.39 Å². The fraction of sp³-hybridized carbons (Fsp3) is 0.308. The van der Waals surface area contributed by atoms with Crippen LogP contribution in [0.1, 0.15) is 13.3 Å². The number of carbonyl (C=O) groups is 1. The van der Waals surface area contributed by atoms with Gasteiger partial charge in [-0.25, -0.2) is 4.39 Å². The van der Waals surface area contributed by atoms with Gasteiger partial charge in [0.1, 0.15) is 5.82 Å². The molecule has 1 heterocycles. The summed E-state index contributed by atoms with van der Waals surface area (Å²) in [5, 5.41) is 0.837. The van der Waals surface area contributed by atoms with Gasteiger partial charge in [0.2, 0.25) is 5.91 Å². The van der Waals surface area contributed by atoms with Gasteiger partial charge in [0.15, 0.2) is 0 Å². The van der Waals surface area contributed by atoms with Gasteiger partial charge in [-0.1, -0.05) is 6.92 Å². The van der Waals surface area contributed by atoms with Crippen molar-refractivity contribution < 1.29 is 9.18 Å². The molecule has 0 spiro atoms. The number of rotatable bonds is 4. The molecule has 1 atom stereocenters. The standard InChI is InChI=1S/C13H15FN2O/c1-2-9(13(15)17)8-16-6-5-10-7-11(14)3-4-12(10)16/h3-7,9H,2,8H2,1H3,(H2,15,17). The molecular weight excluding hydrogens is 219 g/mol. The zero-order valence-electron chi connectivity index (χ0n) is 9.69. The molecule has 2 N–H and O–H groups in total. The van der Waals surface area contributed by atoms with Crippen molar-refractivity contribution >= 4 is 16.8 Å². The highest BCUT2D eigenvalue weighted by atomic mass is 19.1. The molecule has 0 aliphatic heterocycles. The van der Waals surface area contributed by atoms with Crippen molar-refractivity contribution in [3.05, 3.63) is 36.3 Å². The lowest BCUT2D eigenvalue weighted by Crippen LogP contribution is -2.26. The fourth-order valence-electron chi connectivity index (χ4n) is 1.99. The van der Waals surface area contributed by atoms with E-state index in [4.69, 9.17) is 5.73 Å². The number of carbonyl (C=O) groups excluding carboxylic acids is 1. The van der Waals surface area contributed by atoms with Gasteiger partial charge in [-0.05, 0) is 30.7 Å². The van der Waals surface area contributed by atoms with E-state index in [2.05, 4.69) is 0 Å². The highest BCUT2D eigenvalue weighted by Gasteiger charge is 2.14. The number of amides is 1. The van der Waals surface area contributed by atoms with Crippen molar-refractivity contribution in [3.8, 4) is 0 Å². The summed E-state index contributed by atoms with van der Waals surface area (Å²) in [4.78, 5) is 11.2. The number of fused-ring (bicyclic) bond motifs is 1. The quantitative estimate of drug-likeness (QED) is 0.866. The lowest BCUT2D eigenvalue weighted by atomic mass is 10.1. The Kier molecular flexibility index (Phi) is 3.13. The lowest BCUT2D eigenvalue weighted by molar-refractivity contribution is -0.122. The van der Waals surface area contributed by atoms with Crippen LogP contribution in [-0.2, 0) is 11.3 Å². The molecule has 2 rings (SSSR count). The summed E-state index contributed by atoms with van der Waals surface area (Å²) in [5.74, 6) is -0.732. The highest BCUT2D eigenvalue weighted by molar-refractivity contribution is 5.81. The SMILES string of the molecule is CCC(Cn1ccc2cc(F)ccc21)C(N)=O. The monoisotopic (exact) mass is 234 g/mol. The second-order valence-corrected chi connectivity index (χ2v) is 4.18. The summed E-state index contributed by atoms with van der Waals surface area (Å²) in [5.41, 5.74) is 6.24. The summed E-state index contributed by atoms with van der Waals surface area (Å²) >= 11 is 0. The number of nitrogens with two attached hydrogens (primary N) is 1. The second kappa shape index (κ2) is 4.57. The predicted octanol–water partition coefficient (Wildman–Crippen LogP) is 2.29. The van der Waals surface area contributed by atoms with Crippen molar-refractivity contribution in [1.82, 2.24) is 4.57 Å². The minimum Gasteiger partial charge on any atom is -0.369 e. The van der Waals surface area contributed by atoms with E-state index in [0.717, 1.165) is 10.9 Å². The normalized spacial score (nSPS) is 12.8. The van der Waals surface area contributed by atoms with E-state index in [9.17, 15) is 9.18 Å². The Balaban J connectivity index is 2.33. The summed E-state index contributed by atoms with van der Waals surface area (Å²) in [7, 11) is 0. The van der Waals surface area contributed by atoms with Crippen molar-refractivity contribution in [1.29, 1.82) is 0 Å². The third-order valence-corrected chi connectivity index (χ3v) is 3.05. The van der Waals surface area contributed by atoms with Crippen molar-refractivity contribution in [2.75, 3.05) is 0 Å². The molecule has 2 aromatic rings. The van der Waals surface area contributed by atoms with E-state index < -0.39 is 0 Å². The first-order valence-corrected chi connectivity index (χ1v) is 5.65. The maximum atomic E-state index is 13.0. The second-order valence-electron chi connectivity index (χ2n) is 4.18. The van der Waals surface area contributed by atoms with Gasteiger partial charge >= 0.3 is 0 Å². The van der Waals surface area contributed by atoms with Crippen molar-refractivity contribution in [3.63, 3.8) is 0 Å². The Morgan fingerprint density at radius 2 is 2.24 bits per heavy atom. The van der Waals surface area contributed by atoms with Gasteiger partial charge in [0.05, 0.1) is 5.92 Å². The van der Waals surface area contributed by atoms with E-state index >= 15 is 0 Å². The molecule has 0 aliphatic carbocycles. The zero-order valence-corrected chi connectivity index (χ0v) is 9.69. The third-order valence-electron chi connectivity index (χ3n) is 3.05. The van der Waals surface area contributed by atoms with Crippen LogP contribution in [-0.4, -0.2) is 10.5 Å². The van der Waals surface area contributed by atoms with Crippen LogP contribution in [0.3, 0.4) is 0 Å². The van der Waals surface area contributed by atoms with Gasteiger partial charge in [-0.15, -0.1) is 0 Å². The predicted molar refractivity (Wildman–Crippen MR) is 64.9 cm³/mol. The molecule has 1 aromatic carbocycles. The van der Waals surface area contributed by atoms with Gasteiger partial charge < -0.3 is 10.3 Å². The number of aromatic nitrogens is 1. The van der Waals surface area contributed by atoms with Gasteiger partial charge in [-0.2, -0.15) is 0 Å². The Hall–Kier alpha value is -1.84. The molecule has 0 fully saturated rings. The average molecular weight is 234 g/mol. The molecule has 0 radical (unpaired) electrons. The smallest absolute Gasteiger partial charge is 0.222 e. The first-order valence-electron chi connectivity index (χ1n) is 5.65. The Morgan fingerprint density at radius 1 is 1.47 bits per heavy atom. The van der Waals surface area contributed by atoms with E-state index in [1.807, 2.05) is 23.8 Å². The largest absolute Gasteiger partial charge is 0.369 e. The van der Waals surface area contributed by atoms with Gasteiger partial charge in [0.25, 0.3) is 0 Å². The number of hydrogen-bond acceptors (Lipinski definition) is 1. The van der Waals surface area contributed by atoms with Crippen LogP contribution in [0.25, 0.3) is 10.9 Å². The highest BCUT2D eigenvalue weighted by Crippen LogP contribution is 2.19. The van der Waals surface area contributed by atoms with E-state index in [1.54, 1.807) is 6.07 Å². The zero-order chi connectivity index (χ0) is 12.4. The van der Waals surface area contributed by atoms with Crippen LogP contribution in [0.15, 0.2) is 30.5 Å². The first kappa shape index (κ1) is 11.6. The Bertz CT molecular complexity index is 547. The lowest BCUT2D eigenvalue weighted by Gasteiger charge is -2.12. The maximum absolute atomic E-state index is 13.0. The van der Waals surface area contributed by atoms with Crippen LogP contribution >= 0.6 is 0 Å². The molecular formula is C13H15FN2O. The Morgan fingerprint density at radius 3 is 2.88 bits per heavy atom. The molecule has 0 saturated carbocycles. The minimum absolute atomic E-state index is 0.185. The van der Waals surface area contributed by atoms with Crippen LogP contribution < -0.4 is 5.73 Å². The molecule has 3 nitrogen and oxygen atoms in total. The van der Waals surface area contributed by atoms with Crippen LogP contribution in [0, 0.1) is 11.7 Å². The number of halogens is 1. The minimum atomic E-state index is -0.295. The molecule has 0 aliphatic rings. The molecule has 1 unspecified atom stereocenters. The number of benzene rings is 1. The first-order chi connectivity index (χ1) is 8.11. The van der Waals surface area contributed by atoms with E-state index in [0.29, 0.717) is 13.0 Å². The van der Waals surface area contributed by atoms with Crippen molar-refractivity contribution in [2.45, 2.75) is 19.9 Å². The molecule has 90 valence electrons. The van der Waals surface area contributed by atoms with Gasteiger partial charge in [0, 0.05) is 23.6 Å². The summed E-state index contributed by atoms with van der Waals surface area (Å²) in [6, 6.07) is 6.46. The van der Waals surface area contributed by atoms with E-state index in [1.165, 1.54) is 12.1 Å². The molecule has 1 amide bonds. The molecule has 0 bridgehead atoms. The van der Waals surface area contributed by atoms with Gasteiger partial charge in [-0.3, -0.25) is 4.79 Å². The van der Waals surface area contributed by atoms with Crippen molar-refractivity contribution in [2.24, 2.45) is 11.7 Å². The number of hydrogen-bond donors (Lipinski definition) is 1. The molecule has 4 heteroatoms.